The van der Waals surface area contributed by atoms with Gasteiger partial charge in [-0.3, -0.25) is 14.2 Å². The second-order valence-electron chi connectivity index (χ2n) is 7.35. The van der Waals surface area contributed by atoms with Crippen LogP contribution in [0.4, 0.5) is 0 Å². The summed E-state index contributed by atoms with van der Waals surface area (Å²) >= 11 is 7.11. The molecule has 176 valence electrons. The average molecular weight is 518 g/mol. The highest BCUT2D eigenvalue weighted by Crippen LogP contribution is 2.25. The maximum atomic E-state index is 13.0. The standard InChI is InChI=1S/C22H20ClN5O4S2/c23-21-9-8-19(33-21)18(29)7-4-15-14-28(26-25-15)17-6-5-16(27-11-2-1-3-22(27)30)13-20(17)34(31,32)12-10-24/h1-3,5-6,8-9,11,13-14H,4,7,10,12,24H2. The van der Waals surface area contributed by atoms with Crippen LogP contribution in [-0.4, -0.2) is 46.1 Å². The Morgan fingerprint density at radius 2 is 1.97 bits per heavy atom. The van der Waals surface area contributed by atoms with E-state index in [0.717, 1.165) is 0 Å². The fourth-order valence-electron chi connectivity index (χ4n) is 3.36. The van der Waals surface area contributed by atoms with Gasteiger partial charge in [0.2, 0.25) is 0 Å². The van der Waals surface area contributed by atoms with Gasteiger partial charge in [0.25, 0.3) is 5.56 Å². The number of aryl methyl sites for hydroxylation is 1. The quantitative estimate of drug-likeness (QED) is 0.338. The van der Waals surface area contributed by atoms with E-state index in [0.29, 0.717) is 27.0 Å². The minimum atomic E-state index is -3.78. The molecule has 0 fully saturated rings. The van der Waals surface area contributed by atoms with E-state index in [-0.39, 0.29) is 40.6 Å². The minimum Gasteiger partial charge on any atom is -0.329 e. The largest absolute Gasteiger partial charge is 0.329 e. The molecule has 3 aromatic heterocycles. The number of aromatic nitrogens is 4. The summed E-state index contributed by atoms with van der Waals surface area (Å²) in [5, 5.41) is 8.16. The smallest absolute Gasteiger partial charge is 0.255 e. The van der Waals surface area contributed by atoms with Crippen LogP contribution in [0.2, 0.25) is 4.34 Å². The van der Waals surface area contributed by atoms with Crippen LogP contribution in [0.15, 0.2) is 70.6 Å². The number of pyridine rings is 1. The van der Waals surface area contributed by atoms with Crippen LogP contribution in [0.5, 0.6) is 0 Å². The molecule has 34 heavy (non-hydrogen) atoms. The number of hydrogen-bond acceptors (Lipinski definition) is 8. The molecular formula is C22H20ClN5O4S2. The van der Waals surface area contributed by atoms with Crippen molar-refractivity contribution in [1.29, 1.82) is 0 Å². The van der Waals surface area contributed by atoms with Crippen LogP contribution in [0, 0.1) is 0 Å². The average Bonchev–Trinajstić information content (AvgIpc) is 3.47. The summed E-state index contributed by atoms with van der Waals surface area (Å²) in [6, 6.07) is 12.6. The van der Waals surface area contributed by atoms with Gasteiger partial charge in [-0.2, -0.15) is 0 Å². The Balaban J connectivity index is 1.66. The zero-order chi connectivity index (χ0) is 24.3. The zero-order valence-corrected chi connectivity index (χ0v) is 20.2. The van der Waals surface area contributed by atoms with Crippen molar-refractivity contribution in [2.24, 2.45) is 5.73 Å². The SMILES string of the molecule is NCCS(=O)(=O)c1cc(-n2ccccc2=O)ccc1-n1cc(CCC(=O)c2ccc(Cl)s2)nn1. The Bertz CT molecular complexity index is 1510. The predicted octanol–water partition coefficient (Wildman–Crippen LogP) is 2.68. The van der Waals surface area contributed by atoms with E-state index in [2.05, 4.69) is 10.3 Å². The van der Waals surface area contributed by atoms with E-state index in [4.69, 9.17) is 17.3 Å². The topological polar surface area (TPSA) is 130 Å². The molecular weight excluding hydrogens is 498 g/mol. The summed E-state index contributed by atoms with van der Waals surface area (Å²) < 4.78 is 29.2. The lowest BCUT2D eigenvalue weighted by Crippen LogP contribution is -2.20. The number of carbonyl (C=O) groups excluding carboxylic acids is 1. The van der Waals surface area contributed by atoms with Crippen molar-refractivity contribution in [3.8, 4) is 11.4 Å². The second kappa shape index (κ2) is 10.0. The Kier molecular flexibility index (Phi) is 7.08. The third-order valence-corrected chi connectivity index (χ3v) is 8.05. The lowest BCUT2D eigenvalue weighted by molar-refractivity contribution is 0.0986. The number of ketones is 1. The molecule has 1 aromatic carbocycles. The van der Waals surface area contributed by atoms with Gasteiger partial charge in [0.15, 0.2) is 15.6 Å². The number of rotatable bonds is 9. The summed E-state index contributed by atoms with van der Waals surface area (Å²) in [6.45, 7) is -0.0608. The number of nitrogens with zero attached hydrogens (tertiary/aromatic N) is 4. The first kappa shape index (κ1) is 24.0. The maximum Gasteiger partial charge on any atom is 0.255 e. The van der Waals surface area contributed by atoms with Crippen LogP contribution in [-0.2, 0) is 16.3 Å². The van der Waals surface area contributed by atoms with Gasteiger partial charge in [-0.15, -0.1) is 16.4 Å². The lowest BCUT2D eigenvalue weighted by atomic mass is 10.1. The van der Waals surface area contributed by atoms with Gasteiger partial charge in [0, 0.05) is 31.6 Å². The van der Waals surface area contributed by atoms with E-state index in [1.165, 1.54) is 32.7 Å². The summed E-state index contributed by atoms with van der Waals surface area (Å²) in [7, 11) is -3.78. The van der Waals surface area contributed by atoms with E-state index in [1.807, 2.05) is 0 Å². The number of sulfone groups is 1. The number of carbonyl (C=O) groups is 1. The van der Waals surface area contributed by atoms with E-state index in [1.54, 1.807) is 48.8 Å². The predicted molar refractivity (Wildman–Crippen MR) is 130 cm³/mol. The van der Waals surface area contributed by atoms with Crippen molar-refractivity contribution in [3.63, 3.8) is 0 Å². The van der Waals surface area contributed by atoms with Crippen LogP contribution >= 0.6 is 22.9 Å². The molecule has 0 unspecified atom stereocenters. The van der Waals surface area contributed by atoms with Crippen molar-refractivity contribution >= 4 is 38.6 Å². The molecule has 0 bridgehead atoms. The van der Waals surface area contributed by atoms with Crippen molar-refractivity contribution in [2.45, 2.75) is 17.7 Å². The van der Waals surface area contributed by atoms with Crippen molar-refractivity contribution in [3.05, 3.63) is 86.2 Å². The summed E-state index contributed by atoms with van der Waals surface area (Å²) in [5.41, 5.74) is 6.43. The van der Waals surface area contributed by atoms with Gasteiger partial charge < -0.3 is 5.73 Å². The summed E-state index contributed by atoms with van der Waals surface area (Å²) in [4.78, 5) is 25.1. The molecule has 2 N–H and O–H groups in total. The minimum absolute atomic E-state index is 0.0213. The van der Waals surface area contributed by atoms with Crippen molar-refractivity contribution in [1.82, 2.24) is 19.6 Å². The molecule has 12 heteroatoms. The maximum absolute atomic E-state index is 13.0. The monoisotopic (exact) mass is 517 g/mol. The van der Waals surface area contributed by atoms with Crippen LogP contribution in [0.1, 0.15) is 21.8 Å². The molecule has 0 saturated carbocycles. The number of thiophene rings is 1. The Morgan fingerprint density at radius 1 is 1.15 bits per heavy atom. The molecule has 0 radical (unpaired) electrons. The Hall–Kier alpha value is -3.12. The molecule has 0 spiro atoms. The first-order chi connectivity index (χ1) is 16.3. The summed E-state index contributed by atoms with van der Waals surface area (Å²) in [5.74, 6) is -0.331. The normalized spacial score (nSPS) is 11.6. The molecule has 0 aliphatic heterocycles. The zero-order valence-electron chi connectivity index (χ0n) is 17.8. The number of Topliss-reactive ketones (excluding diaryl/α,β-unsaturated/α-hetero) is 1. The molecule has 4 rings (SSSR count). The van der Waals surface area contributed by atoms with Crippen LogP contribution in [0.25, 0.3) is 11.4 Å². The first-order valence-electron chi connectivity index (χ1n) is 10.2. The molecule has 0 saturated heterocycles. The Morgan fingerprint density at radius 3 is 2.68 bits per heavy atom. The van der Waals surface area contributed by atoms with Crippen LogP contribution in [0.3, 0.4) is 0 Å². The first-order valence-corrected chi connectivity index (χ1v) is 13.1. The van der Waals surface area contributed by atoms with Gasteiger partial charge in [-0.05, 0) is 36.4 Å². The fraction of sp³-hybridized carbons (Fsp3) is 0.182. The van der Waals surface area contributed by atoms with Gasteiger partial charge >= 0.3 is 0 Å². The number of halogens is 1. The third-order valence-electron chi connectivity index (χ3n) is 5.01. The van der Waals surface area contributed by atoms with Crippen molar-refractivity contribution in [2.75, 3.05) is 12.3 Å². The third kappa shape index (κ3) is 5.17. The molecule has 4 aromatic rings. The lowest BCUT2D eigenvalue weighted by Gasteiger charge is -2.13. The molecule has 0 amide bonds. The molecule has 0 atom stereocenters. The highest BCUT2D eigenvalue weighted by Gasteiger charge is 2.22. The Labute approximate surface area is 204 Å². The molecule has 0 aliphatic rings. The highest BCUT2D eigenvalue weighted by atomic mass is 35.5. The number of nitrogens with two attached hydrogens (primary N) is 1. The van der Waals surface area contributed by atoms with Crippen LogP contribution < -0.4 is 11.3 Å². The fourth-order valence-corrected chi connectivity index (χ4v) is 5.68. The van der Waals surface area contributed by atoms with Gasteiger partial charge in [-0.1, -0.05) is 22.9 Å². The van der Waals surface area contributed by atoms with E-state index >= 15 is 0 Å². The summed E-state index contributed by atoms with van der Waals surface area (Å²) in [6.07, 6.45) is 3.68. The molecule has 3 heterocycles. The van der Waals surface area contributed by atoms with Gasteiger partial charge in [-0.25, -0.2) is 13.1 Å². The van der Waals surface area contributed by atoms with E-state index < -0.39 is 9.84 Å². The van der Waals surface area contributed by atoms with Crippen molar-refractivity contribution < 1.29 is 13.2 Å². The highest BCUT2D eigenvalue weighted by molar-refractivity contribution is 7.91. The van der Waals surface area contributed by atoms with Gasteiger partial charge in [0.1, 0.15) is 0 Å². The van der Waals surface area contributed by atoms with Gasteiger partial charge in [0.05, 0.1) is 43.1 Å². The second-order valence-corrected chi connectivity index (χ2v) is 11.1. The van der Waals surface area contributed by atoms with E-state index in [9.17, 15) is 18.0 Å². The number of hydrogen-bond donors (Lipinski definition) is 1. The molecule has 9 nitrogen and oxygen atoms in total. The molecule has 0 aliphatic carbocycles. The number of benzene rings is 1.